The SMILES string of the molecule is CC(C)c1nc(C(=O)Nc2ccc(N(C)C)cc2)n[nH]1. The van der Waals surface area contributed by atoms with Crippen LogP contribution in [0.1, 0.15) is 36.2 Å². The van der Waals surface area contributed by atoms with Gasteiger partial charge in [0.25, 0.3) is 5.91 Å². The molecule has 6 nitrogen and oxygen atoms in total. The maximum absolute atomic E-state index is 12.0. The summed E-state index contributed by atoms with van der Waals surface area (Å²) in [4.78, 5) is 18.2. The lowest BCUT2D eigenvalue weighted by Crippen LogP contribution is -2.14. The average Bonchev–Trinajstić information content (AvgIpc) is 2.89. The number of aromatic amines is 1. The summed E-state index contributed by atoms with van der Waals surface area (Å²) in [6, 6.07) is 7.58. The first-order valence-corrected chi connectivity index (χ1v) is 6.48. The maximum Gasteiger partial charge on any atom is 0.295 e. The lowest BCUT2D eigenvalue weighted by Gasteiger charge is -2.12. The molecule has 0 fully saturated rings. The third kappa shape index (κ3) is 3.14. The number of amides is 1. The zero-order valence-corrected chi connectivity index (χ0v) is 12.1. The minimum atomic E-state index is -0.314. The van der Waals surface area contributed by atoms with Crippen molar-refractivity contribution in [2.24, 2.45) is 0 Å². The summed E-state index contributed by atoms with van der Waals surface area (Å²) >= 11 is 0. The molecule has 106 valence electrons. The lowest BCUT2D eigenvalue weighted by atomic mass is 10.2. The van der Waals surface area contributed by atoms with Crippen LogP contribution in [0.2, 0.25) is 0 Å². The molecular weight excluding hydrogens is 254 g/mol. The van der Waals surface area contributed by atoms with Gasteiger partial charge in [0.15, 0.2) is 0 Å². The van der Waals surface area contributed by atoms with Gasteiger partial charge in [-0.15, -0.1) is 5.10 Å². The maximum atomic E-state index is 12.0. The van der Waals surface area contributed by atoms with Crippen LogP contribution in [0.5, 0.6) is 0 Å². The Morgan fingerprint density at radius 1 is 1.25 bits per heavy atom. The first-order valence-electron chi connectivity index (χ1n) is 6.48. The first kappa shape index (κ1) is 14.0. The van der Waals surface area contributed by atoms with E-state index in [1.54, 1.807) is 0 Å². The molecule has 20 heavy (non-hydrogen) atoms. The van der Waals surface area contributed by atoms with E-state index in [1.165, 1.54) is 0 Å². The smallest absolute Gasteiger partial charge is 0.295 e. The fourth-order valence-corrected chi connectivity index (χ4v) is 1.66. The molecule has 1 aromatic carbocycles. The first-order chi connectivity index (χ1) is 9.47. The average molecular weight is 273 g/mol. The number of nitrogens with zero attached hydrogens (tertiary/aromatic N) is 3. The molecule has 0 unspecified atom stereocenters. The Labute approximate surface area is 118 Å². The van der Waals surface area contributed by atoms with Gasteiger partial charge in [-0.05, 0) is 24.3 Å². The highest BCUT2D eigenvalue weighted by Crippen LogP contribution is 2.16. The Bertz CT molecular complexity index is 586. The van der Waals surface area contributed by atoms with E-state index in [0.29, 0.717) is 5.82 Å². The number of hydrogen-bond acceptors (Lipinski definition) is 4. The Morgan fingerprint density at radius 3 is 2.40 bits per heavy atom. The number of hydrogen-bond donors (Lipinski definition) is 2. The number of nitrogens with one attached hydrogen (secondary N) is 2. The molecule has 0 atom stereocenters. The summed E-state index contributed by atoms with van der Waals surface area (Å²) in [7, 11) is 3.93. The third-order valence-electron chi connectivity index (χ3n) is 2.89. The molecule has 0 saturated carbocycles. The standard InChI is InChI=1S/C14H19N5O/c1-9(2)12-16-13(18-17-12)14(20)15-10-5-7-11(8-6-10)19(3)4/h5-9H,1-4H3,(H,15,20)(H,16,17,18). The van der Waals surface area contributed by atoms with Crippen molar-refractivity contribution in [3.8, 4) is 0 Å². The summed E-state index contributed by atoms with van der Waals surface area (Å²) in [5.74, 6) is 0.762. The van der Waals surface area contributed by atoms with Crippen LogP contribution >= 0.6 is 0 Å². The molecule has 6 heteroatoms. The fourth-order valence-electron chi connectivity index (χ4n) is 1.66. The quantitative estimate of drug-likeness (QED) is 0.896. The zero-order valence-electron chi connectivity index (χ0n) is 12.1. The van der Waals surface area contributed by atoms with Gasteiger partial charge in [0, 0.05) is 31.4 Å². The highest BCUT2D eigenvalue weighted by atomic mass is 16.2. The summed E-state index contributed by atoms with van der Waals surface area (Å²) in [5, 5.41) is 9.46. The number of carbonyl (C=O) groups excluding carboxylic acids is 1. The van der Waals surface area contributed by atoms with Crippen molar-refractivity contribution in [1.82, 2.24) is 15.2 Å². The van der Waals surface area contributed by atoms with Gasteiger partial charge in [-0.2, -0.15) is 0 Å². The second kappa shape index (κ2) is 5.73. The largest absolute Gasteiger partial charge is 0.378 e. The van der Waals surface area contributed by atoms with Gasteiger partial charge in [0.1, 0.15) is 5.82 Å². The van der Waals surface area contributed by atoms with Gasteiger partial charge in [-0.1, -0.05) is 13.8 Å². The van der Waals surface area contributed by atoms with E-state index < -0.39 is 0 Å². The molecule has 0 radical (unpaired) electrons. The van der Waals surface area contributed by atoms with E-state index in [-0.39, 0.29) is 17.6 Å². The second-order valence-electron chi connectivity index (χ2n) is 5.09. The predicted octanol–water partition coefficient (Wildman–Crippen LogP) is 2.25. The molecule has 0 aliphatic carbocycles. The van der Waals surface area contributed by atoms with Crippen LogP contribution in [-0.2, 0) is 0 Å². The molecule has 2 N–H and O–H groups in total. The minimum Gasteiger partial charge on any atom is -0.378 e. The summed E-state index contributed by atoms with van der Waals surface area (Å²) in [5.41, 5.74) is 1.79. The van der Waals surface area contributed by atoms with Crippen LogP contribution in [0, 0.1) is 0 Å². The van der Waals surface area contributed by atoms with E-state index in [2.05, 4.69) is 20.5 Å². The van der Waals surface area contributed by atoms with Crippen LogP contribution in [0.15, 0.2) is 24.3 Å². The molecule has 0 spiro atoms. The summed E-state index contributed by atoms with van der Waals surface area (Å²) in [6.45, 7) is 3.98. The normalized spacial score (nSPS) is 10.7. The number of aromatic nitrogens is 3. The van der Waals surface area contributed by atoms with Gasteiger partial charge >= 0.3 is 0 Å². The highest BCUT2D eigenvalue weighted by Gasteiger charge is 2.14. The topological polar surface area (TPSA) is 73.9 Å². The molecule has 1 heterocycles. The van der Waals surface area contributed by atoms with Crippen molar-refractivity contribution in [2.45, 2.75) is 19.8 Å². The molecule has 0 aliphatic heterocycles. The Balaban J connectivity index is 2.06. The van der Waals surface area contributed by atoms with E-state index >= 15 is 0 Å². The minimum absolute atomic E-state index is 0.158. The fraction of sp³-hybridized carbons (Fsp3) is 0.357. The summed E-state index contributed by atoms with van der Waals surface area (Å²) in [6.07, 6.45) is 0. The van der Waals surface area contributed by atoms with Crippen molar-refractivity contribution in [3.05, 3.63) is 35.9 Å². The summed E-state index contributed by atoms with van der Waals surface area (Å²) < 4.78 is 0. The number of anilines is 2. The number of benzene rings is 1. The van der Waals surface area contributed by atoms with Gasteiger partial charge in [0.2, 0.25) is 5.82 Å². The van der Waals surface area contributed by atoms with E-state index in [1.807, 2.05) is 57.1 Å². The van der Waals surface area contributed by atoms with Crippen LogP contribution in [0.3, 0.4) is 0 Å². The van der Waals surface area contributed by atoms with Crippen molar-refractivity contribution in [2.75, 3.05) is 24.3 Å². The van der Waals surface area contributed by atoms with Crippen molar-refractivity contribution in [1.29, 1.82) is 0 Å². The molecular formula is C14H19N5O. The van der Waals surface area contributed by atoms with Gasteiger partial charge in [0.05, 0.1) is 0 Å². The number of carbonyl (C=O) groups is 1. The molecule has 1 aromatic heterocycles. The predicted molar refractivity (Wildman–Crippen MR) is 79.2 cm³/mol. The highest BCUT2D eigenvalue weighted by molar-refractivity contribution is 6.01. The molecule has 0 bridgehead atoms. The molecule has 1 amide bonds. The van der Waals surface area contributed by atoms with Gasteiger partial charge < -0.3 is 10.2 Å². The zero-order chi connectivity index (χ0) is 14.7. The van der Waals surface area contributed by atoms with Crippen LogP contribution in [0.25, 0.3) is 0 Å². The lowest BCUT2D eigenvalue weighted by molar-refractivity contribution is 0.101. The van der Waals surface area contributed by atoms with Gasteiger partial charge in [-0.3, -0.25) is 9.89 Å². The second-order valence-corrected chi connectivity index (χ2v) is 5.09. The Kier molecular flexibility index (Phi) is 4.02. The van der Waals surface area contributed by atoms with Crippen LogP contribution in [-0.4, -0.2) is 35.2 Å². The molecule has 2 rings (SSSR count). The van der Waals surface area contributed by atoms with Gasteiger partial charge in [-0.25, -0.2) is 4.98 Å². The van der Waals surface area contributed by atoms with E-state index in [0.717, 1.165) is 11.4 Å². The molecule has 0 saturated heterocycles. The molecule has 0 aliphatic rings. The van der Waals surface area contributed by atoms with Crippen molar-refractivity contribution < 1.29 is 4.79 Å². The van der Waals surface area contributed by atoms with Crippen LogP contribution in [0.4, 0.5) is 11.4 Å². The molecule has 2 aromatic rings. The van der Waals surface area contributed by atoms with Crippen molar-refractivity contribution >= 4 is 17.3 Å². The Morgan fingerprint density at radius 2 is 1.90 bits per heavy atom. The number of H-pyrrole nitrogens is 1. The monoisotopic (exact) mass is 273 g/mol. The van der Waals surface area contributed by atoms with E-state index in [4.69, 9.17) is 0 Å². The van der Waals surface area contributed by atoms with E-state index in [9.17, 15) is 4.79 Å². The third-order valence-corrected chi connectivity index (χ3v) is 2.89. The van der Waals surface area contributed by atoms with Crippen LogP contribution < -0.4 is 10.2 Å². The Hall–Kier alpha value is -2.37. The van der Waals surface area contributed by atoms with Crippen molar-refractivity contribution in [3.63, 3.8) is 0 Å². The number of rotatable bonds is 4.